The molecule has 1 heterocycles. The molecule has 7 nitrogen and oxygen atoms in total. The lowest BCUT2D eigenvalue weighted by Gasteiger charge is -2.07. The van der Waals surface area contributed by atoms with E-state index in [1.807, 2.05) is 0 Å². The van der Waals surface area contributed by atoms with Gasteiger partial charge in [0.2, 0.25) is 0 Å². The summed E-state index contributed by atoms with van der Waals surface area (Å²) in [5.41, 5.74) is 0. The SMILES string of the molecule is O=C(O)Cc1ccc(CC(CC(=O)O)C(=O)O)o1. The summed E-state index contributed by atoms with van der Waals surface area (Å²) < 4.78 is 5.12. The summed E-state index contributed by atoms with van der Waals surface area (Å²) >= 11 is 0. The fraction of sp³-hybridized carbons (Fsp3) is 0.364. The van der Waals surface area contributed by atoms with Gasteiger partial charge in [0.05, 0.1) is 12.3 Å². The lowest BCUT2D eigenvalue weighted by molar-refractivity contribution is -0.148. The molecule has 0 aromatic carbocycles. The van der Waals surface area contributed by atoms with Gasteiger partial charge in [-0.3, -0.25) is 14.4 Å². The molecular weight excluding hydrogens is 244 g/mol. The molecule has 0 saturated carbocycles. The second-order valence-electron chi connectivity index (χ2n) is 3.78. The highest BCUT2D eigenvalue weighted by Crippen LogP contribution is 2.16. The summed E-state index contributed by atoms with van der Waals surface area (Å²) in [5, 5.41) is 25.9. The maximum atomic E-state index is 10.8. The number of rotatable bonds is 7. The highest BCUT2D eigenvalue weighted by atomic mass is 16.4. The Bertz CT molecular complexity index is 460. The van der Waals surface area contributed by atoms with E-state index < -0.39 is 30.2 Å². The molecule has 0 radical (unpaired) electrons. The zero-order valence-corrected chi connectivity index (χ0v) is 9.33. The van der Waals surface area contributed by atoms with Gasteiger partial charge in [-0.15, -0.1) is 0 Å². The first-order chi connectivity index (χ1) is 8.38. The highest BCUT2D eigenvalue weighted by Gasteiger charge is 2.23. The molecule has 0 spiro atoms. The Hall–Kier alpha value is -2.31. The van der Waals surface area contributed by atoms with Crippen LogP contribution in [0.5, 0.6) is 0 Å². The number of furan rings is 1. The Labute approximate surface area is 102 Å². The van der Waals surface area contributed by atoms with Gasteiger partial charge in [0.1, 0.15) is 17.9 Å². The van der Waals surface area contributed by atoms with Crippen LogP contribution in [0.15, 0.2) is 16.5 Å². The van der Waals surface area contributed by atoms with Gasteiger partial charge in [-0.2, -0.15) is 0 Å². The van der Waals surface area contributed by atoms with Gasteiger partial charge >= 0.3 is 17.9 Å². The minimum absolute atomic E-state index is 0.0821. The maximum absolute atomic E-state index is 10.8. The topological polar surface area (TPSA) is 125 Å². The molecule has 0 saturated heterocycles. The average molecular weight is 256 g/mol. The molecule has 0 aliphatic heterocycles. The van der Waals surface area contributed by atoms with Crippen LogP contribution in [0.4, 0.5) is 0 Å². The van der Waals surface area contributed by atoms with Crippen molar-refractivity contribution >= 4 is 17.9 Å². The van der Waals surface area contributed by atoms with E-state index in [1.165, 1.54) is 12.1 Å². The number of aliphatic carboxylic acids is 3. The van der Waals surface area contributed by atoms with Crippen LogP contribution in [0.3, 0.4) is 0 Å². The summed E-state index contributed by atoms with van der Waals surface area (Å²) in [6, 6.07) is 2.89. The molecule has 0 aliphatic rings. The zero-order valence-electron chi connectivity index (χ0n) is 9.33. The summed E-state index contributed by atoms with van der Waals surface area (Å²) in [5.74, 6) is -4.12. The first-order valence-electron chi connectivity index (χ1n) is 5.12. The third kappa shape index (κ3) is 4.28. The fourth-order valence-electron chi connectivity index (χ4n) is 1.48. The van der Waals surface area contributed by atoms with Crippen molar-refractivity contribution in [1.29, 1.82) is 0 Å². The smallest absolute Gasteiger partial charge is 0.311 e. The van der Waals surface area contributed by atoms with E-state index in [9.17, 15) is 14.4 Å². The van der Waals surface area contributed by atoms with E-state index >= 15 is 0 Å². The van der Waals surface area contributed by atoms with Crippen molar-refractivity contribution in [2.45, 2.75) is 19.3 Å². The first kappa shape index (κ1) is 13.8. The molecule has 0 amide bonds. The van der Waals surface area contributed by atoms with Crippen LogP contribution in [-0.4, -0.2) is 33.2 Å². The summed E-state index contributed by atoms with van der Waals surface area (Å²) in [6.07, 6.45) is -0.887. The van der Waals surface area contributed by atoms with Gasteiger partial charge < -0.3 is 19.7 Å². The standard InChI is InChI=1S/C11H12O7/c12-9(13)4-6(11(16)17)3-7-1-2-8(18-7)5-10(14)15/h1-2,6H,3-5H2,(H,12,13)(H,14,15)(H,16,17). The van der Waals surface area contributed by atoms with Crippen molar-refractivity contribution in [3.63, 3.8) is 0 Å². The van der Waals surface area contributed by atoms with Gasteiger partial charge in [-0.25, -0.2) is 0 Å². The second-order valence-corrected chi connectivity index (χ2v) is 3.78. The number of hydrogen-bond donors (Lipinski definition) is 3. The fourth-order valence-corrected chi connectivity index (χ4v) is 1.48. The van der Waals surface area contributed by atoms with Crippen molar-refractivity contribution in [1.82, 2.24) is 0 Å². The Morgan fingerprint density at radius 3 is 2.17 bits per heavy atom. The van der Waals surface area contributed by atoms with Crippen molar-refractivity contribution in [2.24, 2.45) is 5.92 Å². The molecule has 1 rings (SSSR count). The third-order valence-corrected chi connectivity index (χ3v) is 2.26. The molecular formula is C11H12O7. The molecule has 1 unspecified atom stereocenters. The lowest BCUT2D eigenvalue weighted by atomic mass is 10.0. The summed E-state index contributed by atoms with van der Waals surface area (Å²) in [7, 11) is 0. The van der Waals surface area contributed by atoms with E-state index in [2.05, 4.69) is 0 Å². The molecule has 0 aliphatic carbocycles. The summed E-state index contributed by atoms with van der Waals surface area (Å²) in [4.78, 5) is 31.7. The van der Waals surface area contributed by atoms with Crippen molar-refractivity contribution in [3.05, 3.63) is 23.7 Å². The molecule has 18 heavy (non-hydrogen) atoms. The molecule has 0 fully saturated rings. The van der Waals surface area contributed by atoms with E-state index in [-0.39, 0.29) is 24.4 Å². The first-order valence-corrected chi connectivity index (χ1v) is 5.12. The van der Waals surface area contributed by atoms with Crippen molar-refractivity contribution < 1.29 is 34.1 Å². The minimum Gasteiger partial charge on any atom is -0.481 e. The third-order valence-electron chi connectivity index (χ3n) is 2.26. The largest absolute Gasteiger partial charge is 0.481 e. The highest BCUT2D eigenvalue weighted by molar-refractivity contribution is 5.77. The molecule has 3 N–H and O–H groups in total. The van der Waals surface area contributed by atoms with E-state index in [1.54, 1.807) is 0 Å². The van der Waals surface area contributed by atoms with Crippen LogP contribution in [0.1, 0.15) is 17.9 Å². The molecule has 1 aromatic heterocycles. The average Bonchev–Trinajstić information content (AvgIpc) is 2.62. The van der Waals surface area contributed by atoms with Gasteiger partial charge in [-0.1, -0.05) is 0 Å². The van der Waals surface area contributed by atoms with Gasteiger partial charge in [0.25, 0.3) is 0 Å². The van der Waals surface area contributed by atoms with E-state index in [0.717, 1.165) is 0 Å². The van der Waals surface area contributed by atoms with Gasteiger partial charge in [0, 0.05) is 6.42 Å². The Balaban J connectivity index is 2.69. The Kier molecular flexibility index (Phi) is 4.47. The normalized spacial score (nSPS) is 12.0. The monoisotopic (exact) mass is 256 g/mol. The number of hydrogen-bond acceptors (Lipinski definition) is 4. The van der Waals surface area contributed by atoms with Crippen LogP contribution in [0, 0.1) is 5.92 Å². The number of carboxylic acids is 3. The molecule has 1 atom stereocenters. The predicted molar refractivity (Wildman–Crippen MR) is 57.1 cm³/mol. The molecule has 98 valence electrons. The Morgan fingerprint density at radius 2 is 1.67 bits per heavy atom. The van der Waals surface area contributed by atoms with Gasteiger partial charge in [0.15, 0.2) is 0 Å². The second kappa shape index (κ2) is 5.85. The quantitative estimate of drug-likeness (QED) is 0.653. The molecule has 1 aromatic rings. The van der Waals surface area contributed by atoms with Gasteiger partial charge in [-0.05, 0) is 12.1 Å². The van der Waals surface area contributed by atoms with Crippen LogP contribution in [0.25, 0.3) is 0 Å². The maximum Gasteiger partial charge on any atom is 0.311 e. The van der Waals surface area contributed by atoms with Crippen LogP contribution in [-0.2, 0) is 27.2 Å². The predicted octanol–water partition coefficient (Wildman–Crippen LogP) is 0.625. The van der Waals surface area contributed by atoms with Crippen LogP contribution >= 0.6 is 0 Å². The number of carbonyl (C=O) groups is 3. The lowest BCUT2D eigenvalue weighted by Crippen LogP contribution is -2.19. The van der Waals surface area contributed by atoms with E-state index in [4.69, 9.17) is 19.7 Å². The van der Waals surface area contributed by atoms with Crippen LogP contribution in [0.2, 0.25) is 0 Å². The zero-order chi connectivity index (χ0) is 13.7. The molecule has 0 bridgehead atoms. The van der Waals surface area contributed by atoms with Crippen molar-refractivity contribution in [3.8, 4) is 0 Å². The van der Waals surface area contributed by atoms with E-state index in [0.29, 0.717) is 0 Å². The summed E-state index contributed by atoms with van der Waals surface area (Å²) in [6.45, 7) is 0. The molecule has 7 heteroatoms. The minimum atomic E-state index is -1.23. The Morgan fingerprint density at radius 1 is 1.06 bits per heavy atom. The van der Waals surface area contributed by atoms with Crippen molar-refractivity contribution in [2.75, 3.05) is 0 Å². The number of carboxylic acid groups (broad SMARTS) is 3. The van der Waals surface area contributed by atoms with Crippen LogP contribution < -0.4 is 0 Å².